The summed E-state index contributed by atoms with van der Waals surface area (Å²) in [7, 11) is 2.95. The Morgan fingerprint density at radius 1 is 1.04 bits per heavy atom. The number of ether oxygens (including phenoxy) is 2. The molecule has 0 saturated heterocycles. The van der Waals surface area contributed by atoms with Gasteiger partial charge in [-0.25, -0.2) is 9.78 Å². The van der Waals surface area contributed by atoms with Gasteiger partial charge >= 0.3 is 5.97 Å². The Bertz CT molecular complexity index is 844. The van der Waals surface area contributed by atoms with Crippen molar-refractivity contribution in [3.05, 3.63) is 71.4 Å². The third kappa shape index (κ3) is 3.01. The third-order valence-corrected chi connectivity index (χ3v) is 3.72. The Balaban J connectivity index is 2.16. The van der Waals surface area contributed by atoms with Gasteiger partial charge in [0, 0.05) is 5.39 Å². The van der Waals surface area contributed by atoms with E-state index in [0.29, 0.717) is 23.4 Å². The van der Waals surface area contributed by atoms with Gasteiger partial charge in [-0.2, -0.15) is 0 Å². The van der Waals surface area contributed by atoms with E-state index in [-0.39, 0.29) is 0 Å². The lowest BCUT2D eigenvalue weighted by Crippen LogP contribution is -2.10. The van der Waals surface area contributed by atoms with Gasteiger partial charge in [-0.1, -0.05) is 42.5 Å². The SMILES string of the molecule is COC(=O)c1nc2c(OC)cccc2cc1Cc1ccccc1. The van der Waals surface area contributed by atoms with E-state index in [0.717, 1.165) is 16.5 Å². The molecular weight excluding hydrogens is 290 g/mol. The van der Waals surface area contributed by atoms with E-state index in [4.69, 9.17) is 9.47 Å². The summed E-state index contributed by atoms with van der Waals surface area (Å²) in [5, 5.41) is 0.933. The zero-order valence-corrected chi connectivity index (χ0v) is 13.1. The van der Waals surface area contributed by atoms with Gasteiger partial charge < -0.3 is 9.47 Å². The van der Waals surface area contributed by atoms with Crippen molar-refractivity contribution in [3.63, 3.8) is 0 Å². The minimum absolute atomic E-state index is 0.327. The minimum Gasteiger partial charge on any atom is -0.494 e. The first-order valence-electron chi connectivity index (χ1n) is 7.32. The molecule has 3 rings (SSSR count). The van der Waals surface area contributed by atoms with Crippen LogP contribution in [0.3, 0.4) is 0 Å². The Kier molecular flexibility index (Phi) is 4.24. The molecule has 0 unspecified atom stereocenters. The van der Waals surface area contributed by atoms with E-state index < -0.39 is 5.97 Å². The van der Waals surface area contributed by atoms with E-state index in [2.05, 4.69) is 4.98 Å². The number of methoxy groups -OCH3 is 2. The largest absolute Gasteiger partial charge is 0.494 e. The zero-order valence-electron chi connectivity index (χ0n) is 13.1. The highest BCUT2D eigenvalue weighted by Gasteiger charge is 2.17. The highest BCUT2D eigenvalue weighted by atomic mass is 16.5. The summed E-state index contributed by atoms with van der Waals surface area (Å²) in [5.74, 6) is 0.197. The second-order valence-corrected chi connectivity index (χ2v) is 5.18. The number of para-hydroxylation sites is 1. The number of fused-ring (bicyclic) bond motifs is 1. The summed E-state index contributed by atoms with van der Waals surface area (Å²) < 4.78 is 10.2. The summed E-state index contributed by atoms with van der Waals surface area (Å²) in [4.78, 5) is 16.7. The summed E-state index contributed by atoms with van der Waals surface area (Å²) in [5.41, 5.74) is 2.94. The van der Waals surface area contributed by atoms with E-state index >= 15 is 0 Å². The van der Waals surface area contributed by atoms with Crippen LogP contribution < -0.4 is 4.74 Å². The maximum atomic E-state index is 12.1. The number of carbonyl (C=O) groups excluding carboxylic acids is 1. The number of carbonyl (C=O) groups is 1. The first-order valence-corrected chi connectivity index (χ1v) is 7.32. The predicted molar refractivity (Wildman–Crippen MR) is 88.9 cm³/mol. The molecule has 3 aromatic rings. The van der Waals surface area contributed by atoms with Crippen LogP contribution in [0.1, 0.15) is 21.6 Å². The van der Waals surface area contributed by atoms with Crippen molar-refractivity contribution in [1.29, 1.82) is 0 Å². The second-order valence-electron chi connectivity index (χ2n) is 5.18. The highest BCUT2D eigenvalue weighted by Crippen LogP contribution is 2.27. The number of hydrogen-bond donors (Lipinski definition) is 0. The summed E-state index contributed by atoms with van der Waals surface area (Å²) in [6, 6.07) is 17.6. The van der Waals surface area contributed by atoms with Gasteiger partial charge in [0.1, 0.15) is 11.3 Å². The average molecular weight is 307 g/mol. The molecule has 1 aromatic heterocycles. The van der Waals surface area contributed by atoms with Gasteiger partial charge in [0.05, 0.1) is 14.2 Å². The van der Waals surface area contributed by atoms with Crippen LogP contribution in [0.25, 0.3) is 10.9 Å². The molecule has 0 radical (unpaired) electrons. The Hall–Kier alpha value is -2.88. The summed E-state index contributed by atoms with van der Waals surface area (Å²) in [6.07, 6.45) is 0.616. The van der Waals surface area contributed by atoms with Gasteiger partial charge in [-0.3, -0.25) is 0 Å². The third-order valence-electron chi connectivity index (χ3n) is 3.72. The van der Waals surface area contributed by atoms with Crippen LogP contribution in [0.4, 0.5) is 0 Å². The van der Waals surface area contributed by atoms with Gasteiger partial charge in [0.25, 0.3) is 0 Å². The maximum absolute atomic E-state index is 12.1. The van der Waals surface area contributed by atoms with Crippen LogP contribution in [0.5, 0.6) is 5.75 Å². The topological polar surface area (TPSA) is 48.4 Å². The summed E-state index contributed by atoms with van der Waals surface area (Å²) >= 11 is 0. The second kappa shape index (κ2) is 6.48. The molecule has 0 fully saturated rings. The fraction of sp³-hybridized carbons (Fsp3) is 0.158. The van der Waals surface area contributed by atoms with Crippen molar-refractivity contribution in [3.8, 4) is 5.75 Å². The van der Waals surface area contributed by atoms with Crippen LogP contribution in [-0.2, 0) is 11.2 Å². The van der Waals surface area contributed by atoms with Crippen molar-refractivity contribution >= 4 is 16.9 Å². The van der Waals surface area contributed by atoms with Crippen LogP contribution >= 0.6 is 0 Å². The van der Waals surface area contributed by atoms with Gasteiger partial charge in [0.2, 0.25) is 0 Å². The van der Waals surface area contributed by atoms with Crippen molar-refractivity contribution in [2.45, 2.75) is 6.42 Å². The van der Waals surface area contributed by atoms with Crippen LogP contribution in [0.2, 0.25) is 0 Å². The Labute approximate surface area is 134 Å². The van der Waals surface area contributed by atoms with Crippen molar-refractivity contribution < 1.29 is 14.3 Å². The molecule has 0 amide bonds. The fourth-order valence-corrected chi connectivity index (χ4v) is 2.60. The molecule has 1 heterocycles. The van der Waals surface area contributed by atoms with E-state index in [1.54, 1.807) is 7.11 Å². The molecule has 0 aliphatic carbocycles. The number of esters is 1. The van der Waals surface area contributed by atoms with Crippen LogP contribution in [-0.4, -0.2) is 25.2 Å². The molecule has 0 aliphatic rings. The molecule has 0 saturated carbocycles. The molecule has 116 valence electrons. The zero-order chi connectivity index (χ0) is 16.2. The molecule has 0 spiro atoms. The molecule has 0 atom stereocenters. The minimum atomic E-state index is -0.441. The lowest BCUT2D eigenvalue weighted by Gasteiger charge is -2.11. The Morgan fingerprint density at radius 2 is 1.83 bits per heavy atom. The number of aromatic nitrogens is 1. The monoisotopic (exact) mass is 307 g/mol. The van der Waals surface area contributed by atoms with E-state index in [9.17, 15) is 4.79 Å². The highest BCUT2D eigenvalue weighted by molar-refractivity contribution is 5.94. The molecule has 4 heteroatoms. The number of pyridine rings is 1. The molecular formula is C19H17NO3. The first-order chi connectivity index (χ1) is 11.2. The molecule has 23 heavy (non-hydrogen) atoms. The molecule has 2 aromatic carbocycles. The maximum Gasteiger partial charge on any atom is 0.356 e. The number of hydrogen-bond acceptors (Lipinski definition) is 4. The van der Waals surface area contributed by atoms with Crippen molar-refractivity contribution in [2.24, 2.45) is 0 Å². The molecule has 0 aliphatic heterocycles. The first kappa shape index (κ1) is 15.0. The summed E-state index contributed by atoms with van der Waals surface area (Å²) in [6.45, 7) is 0. The number of nitrogens with zero attached hydrogens (tertiary/aromatic N) is 1. The number of rotatable bonds is 4. The number of benzene rings is 2. The standard InChI is InChI=1S/C19H17NO3/c1-22-16-10-6-9-14-12-15(11-13-7-4-3-5-8-13)18(19(21)23-2)20-17(14)16/h3-10,12H,11H2,1-2H3. The normalized spacial score (nSPS) is 10.5. The molecule has 4 nitrogen and oxygen atoms in total. The van der Waals surface area contributed by atoms with E-state index in [1.165, 1.54) is 7.11 Å². The Morgan fingerprint density at radius 3 is 2.52 bits per heavy atom. The van der Waals surface area contributed by atoms with Crippen LogP contribution in [0, 0.1) is 0 Å². The van der Waals surface area contributed by atoms with Gasteiger partial charge in [0.15, 0.2) is 5.69 Å². The quantitative estimate of drug-likeness (QED) is 0.691. The van der Waals surface area contributed by atoms with Gasteiger partial charge in [-0.15, -0.1) is 0 Å². The fourth-order valence-electron chi connectivity index (χ4n) is 2.60. The lowest BCUT2D eigenvalue weighted by molar-refractivity contribution is 0.0593. The predicted octanol–water partition coefficient (Wildman–Crippen LogP) is 3.62. The molecule has 0 N–H and O–H groups in total. The van der Waals surface area contributed by atoms with Crippen molar-refractivity contribution in [1.82, 2.24) is 4.98 Å². The smallest absolute Gasteiger partial charge is 0.356 e. The molecule has 0 bridgehead atoms. The van der Waals surface area contributed by atoms with Gasteiger partial charge in [-0.05, 0) is 29.7 Å². The van der Waals surface area contributed by atoms with E-state index in [1.807, 2.05) is 54.6 Å². The van der Waals surface area contributed by atoms with Crippen molar-refractivity contribution in [2.75, 3.05) is 14.2 Å². The van der Waals surface area contributed by atoms with Crippen LogP contribution in [0.15, 0.2) is 54.6 Å². The average Bonchev–Trinajstić information content (AvgIpc) is 2.60. The lowest BCUT2D eigenvalue weighted by atomic mass is 10.0.